The lowest BCUT2D eigenvalue weighted by molar-refractivity contribution is -0.141. The van der Waals surface area contributed by atoms with Gasteiger partial charge in [-0.05, 0) is 24.3 Å². The molecule has 1 amide bonds. The lowest BCUT2D eigenvalue weighted by Crippen LogP contribution is -2.41. The summed E-state index contributed by atoms with van der Waals surface area (Å²) in [6, 6.07) is 5.61. The van der Waals surface area contributed by atoms with Gasteiger partial charge in [0.1, 0.15) is 6.04 Å². The molecular formula is C12H16ClN3O3. The number of carboxylic acid groups (broad SMARTS) is 1. The molecule has 0 aliphatic heterocycles. The van der Waals surface area contributed by atoms with Crippen LogP contribution in [-0.2, 0) is 9.59 Å². The minimum absolute atomic E-state index is 0.169. The quantitative estimate of drug-likeness (QED) is 0.589. The Kier molecular flexibility index (Phi) is 6.27. The summed E-state index contributed by atoms with van der Waals surface area (Å²) in [5.74, 6) is -1.47. The number of carboxylic acids is 1. The van der Waals surface area contributed by atoms with E-state index in [4.69, 9.17) is 22.4 Å². The SMILES string of the molecule is NCCN[C@@H](CC(=O)Nc1ccc(Cl)cc1)C(=O)O. The fraction of sp³-hybridized carbons (Fsp3) is 0.333. The molecule has 6 nitrogen and oxygen atoms in total. The number of carbonyl (C=O) groups excluding carboxylic acids is 1. The van der Waals surface area contributed by atoms with Gasteiger partial charge in [0.05, 0.1) is 6.42 Å². The summed E-state index contributed by atoms with van der Waals surface area (Å²) in [4.78, 5) is 22.6. The van der Waals surface area contributed by atoms with E-state index in [0.717, 1.165) is 0 Å². The third-order valence-electron chi connectivity index (χ3n) is 2.35. The van der Waals surface area contributed by atoms with Crippen LogP contribution in [-0.4, -0.2) is 36.1 Å². The molecule has 1 aromatic carbocycles. The van der Waals surface area contributed by atoms with Crippen molar-refractivity contribution in [2.24, 2.45) is 5.73 Å². The second kappa shape index (κ2) is 7.73. The molecule has 1 atom stereocenters. The van der Waals surface area contributed by atoms with Crippen molar-refractivity contribution < 1.29 is 14.7 Å². The third-order valence-corrected chi connectivity index (χ3v) is 2.60. The number of benzene rings is 1. The van der Waals surface area contributed by atoms with E-state index < -0.39 is 12.0 Å². The van der Waals surface area contributed by atoms with Crippen LogP contribution < -0.4 is 16.4 Å². The van der Waals surface area contributed by atoms with E-state index in [-0.39, 0.29) is 12.3 Å². The van der Waals surface area contributed by atoms with Gasteiger partial charge in [0.2, 0.25) is 5.91 Å². The third kappa shape index (κ3) is 5.69. The van der Waals surface area contributed by atoms with Crippen LogP contribution in [0.5, 0.6) is 0 Å². The van der Waals surface area contributed by atoms with E-state index in [1.807, 2.05) is 0 Å². The van der Waals surface area contributed by atoms with Crippen LogP contribution in [0.25, 0.3) is 0 Å². The molecule has 0 aromatic heterocycles. The molecule has 0 spiro atoms. The molecule has 0 bridgehead atoms. The van der Waals surface area contributed by atoms with Crippen molar-refractivity contribution in [3.8, 4) is 0 Å². The molecule has 0 aliphatic rings. The normalized spacial score (nSPS) is 11.9. The summed E-state index contributed by atoms with van der Waals surface area (Å²) >= 11 is 5.72. The van der Waals surface area contributed by atoms with E-state index in [1.54, 1.807) is 24.3 Å². The van der Waals surface area contributed by atoms with Gasteiger partial charge in [0.25, 0.3) is 0 Å². The molecule has 104 valence electrons. The number of halogens is 1. The lowest BCUT2D eigenvalue weighted by atomic mass is 10.2. The fourth-order valence-corrected chi connectivity index (χ4v) is 1.56. The molecule has 0 radical (unpaired) electrons. The molecular weight excluding hydrogens is 270 g/mol. The Bertz CT molecular complexity index is 436. The summed E-state index contributed by atoms with van der Waals surface area (Å²) in [6.45, 7) is 0.647. The van der Waals surface area contributed by atoms with E-state index in [0.29, 0.717) is 23.8 Å². The Morgan fingerprint density at radius 2 is 1.95 bits per heavy atom. The van der Waals surface area contributed by atoms with Crippen LogP contribution >= 0.6 is 11.6 Å². The predicted octanol–water partition coefficient (Wildman–Crippen LogP) is 0.670. The number of nitrogens with one attached hydrogen (secondary N) is 2. The standard InChI is InChI=1S/C12H16ClN3O3/c13-8-1-3-9(4-2-8)16-11(17)7-10(12(18)19)15-6-5-14/h1-4,10,15H,5-7,14H2,(H,16,17)(H,18,19)/t10-/m0/s1. The van der Waals surface area contributed by atoms with E-state index in [1.165, 1.54) is 0 Å². The first kappa shape index (κ1) is 15.4. The Balaban J connectivity index is 2.52. The number of carbonyl (C=O) groups is 2. The molecule has 19 heavy (non-hydrogen) atoms. The first-order chi connectivity index (χ1) is 9.02. The highest BCUT2D eigenvalue weighted by Crippen LogP contribution is 2.13. The van der Waals surface area contributed by atoms with Gasteiger partial charge >= 0.3 is 5.97 Å². The Morgan fingerprint density at radius 3 is 2.47 bits per heavy atom. The van der Waals surface area contributed by atoms with Crippen LogP contribution in [0.2, 0.25) is 5.02 Å². The van der Waals surface area contributed by atoms with Crippen LogP contribution in [0.4, 0.5) is 5.69 Å². The molecule has 1 rings (SSSR count). The minimum atomic E-state index is -1.08. The Hall–Kier alpha value is -1.63. The molecule has 0 heterocycles. The highest BCUT2D eigenvalue weighted by atomic mass is 35.5. The first-order valence-corrected chi connectivity index (χ1v) is 6.12. The van der Waals surface area contributed by atoms with Crippen LogP contribution in [0.1, 0.15) is 6.42 Å². The smallest absolute Gasteiger partial charge is 0.321 e. The largest absolute Gasteiger partial charge is 0.480 e. The highest BCUT2D eigenvalue weighted by molar-refractivity contribution is 6.30. The topological polar surface area (TPSA) is 104 Å². The maximum Gasteiger partial charge on any atom is 0.321 e. The number of hydrogen-bond donors (Lipinski definition) is 4. The van der Waals surface area contributed by atoms with Gasteiger partial charge in [-0.2, -0.15) is 0 Å². The van der Waals surface area contributed by atoms with E-state index in [9.17, 15) is 9.59 Å². The molecule has 0 unspecified atom stereocenters. The molecule has 7 heteroatoms. The van der Waals surface area contributed by atoms with Gasteiger partial charge in [0, 0.05) is 23.8 Å². The molecule has 0 fully saturated rings. The summed E-state index contributed by atoms with van der Waals surface area (Å²) in [7, 11) is 0. The van der Waals surface area contributed by atoms with Crippen molar-refractivity contribution in [3.63, 3.8) is 0 Å². The summed E-state index contributed by atoms with van der Waals surface area (Å²) in [6.07, 6.45) is -0.169. The number of amides is 1. The Labute approximate surface area is 115 Å². The summed E-state index contributed by atoms with van der Waals surface area (Å²) < 4.78 is 0. The fourth-order valence-electron chi connectivity index (χ4n) is 1.43. The van der Waals surface area contributed by atoms with Gasteiger partial charge in [-0.3, -0.25) is 9.59 Å². The lowest BCUT2D eigenvalue weighted by Gasteiger charge is -2.13. The van der Waals surface area contributed by atoms with E-state index >= 15 is 0 Å². The van der Waals surface area contributed by atoms with Crippen molar-refractivity contribution >= 4 is 29.2 Å². The molecule has 5 N–H and O–H groups in total. The average molecular weight is 286 g/mol. The highest BCUT2D eigenvalue weighted by Gasteiger charge is 2.20. The second-order valence-electron chi connectivity index (χ2n) is 3.89. The van der Waals surface area contributed by atoms with Gasteiger partial charge in [0.15, 0.2) is 0 Å². The maximum atomic E-state index is 11.7. The van der Waals surface area contributed by atoms with Gasteiger partial charge < -0.3 is 21.5 Å². The van der Waals surface area contributed by atoms with Crippen molar-refractivity contribution in [2.45, 2.75) is 12.5 Å². The first-order valence-electron chi connectivity index (χ1n) is 5.74. The van der Waals surface area contributed by atoms with Crippen molar-refractivity contribution in [2.75, 3.05) is 18.4 Å². The number of nitrogens with two attached hydrogens (primary N) is 1. The number of hydrogen-bond acceptors (Lipinski definition) is 4. The zero-order valence-corrected chi connectivity index (χ0v) is 11.0. The Morgan fingerprint density at radius 1 is 1.32 bits per heavy atom. The summed E-state index contributed by atoms with van der Waals surface area (Å²) in [5.41, 5.74) is 5.84. The van der Waals surface area contributed by atoms with Gasteiger partial charge in [-0.25, -0.2) is 0 Å². The zero-order chi connectivity index (χ0) is 14.3. The molecule has 0 saturated carbocycles. The van der Waals surface area contributed by atoms with Crippen molar-refractivity contribution in [3.05, 3.63) is 29.3 Å². The molecule has 1 aromatic rings. The minimum Gasteiger partial charge on any atom is -0.480 e. The van der Waals surface area contributed by atoms with Crippen LogP contribution in [0.15, 0.2) is 24.3 Å². The van der Waals surface area contributed by atoms with Crippen molar-refractivity contribution in [1.82, 2.24) is 5.32 Å². The zero-order valence-electron chi connectivity index (χ0n) is 10.2. The average Bonchev–Trinajstić information content (AvgIpc) is 2.37. The second-order valence-corrected chi connectivity index (χ2v) is 4.33. The predicted molar refractivity (Wildman–Crippen MR) is 73.2 cm³/mol. The number of aliphatic carboxylic acids is 1. The molecule has 0 saturated heterocycles. The molecule has 0 aliphatic carbocycles. The number of rotatable bonds is 7. The van der Waals surface area contributed by atoms with Gasteiger partial charge in [-0.15, -0.1) is 0 Å². The van der Waals surface area contributed by atoms with Crippen molar-refractivity contribution in [1.29, 1.82) is 0 Å². The summed E-state index contributed by atoms with van der Waals surface area (Å²) in [5, 5.41) is 14.8. The van der Waals surface area contributed by atoms with Gasteiger partial charge in [-0.1, -0.05) is 11.6 Å². The monoisotopic (exact) mass is 285 g/mol. The van der Waals surface area contributed by atoms with E-state index in [2.05, 4.69) is 10.6 Å². The van der Waals surface area contributed by atoms with Crippen LogP contribution in [0, 0.1) is 0 Å². The maximum absolute atomic E-state index is 11.7. The van der Waals surface area contributed by atoms with Crippen LogP contribution in [0.3, 0.4) is 0 Å². The number of anilines is 1.